The quantitative estimate of drug-likeness (QED) is 0.641. The molecule has 1 N–H and O–H groups in total. The van der Waals surface area contributed by atoms with Gasteiger partial charge in [0.25, 0.3) is 11.6 Å². The van der Waals surface area contributed by atoms with Gasteiger partial charge in [-0.1, -0.05) is 46.9 Å². The first-order valence-electron chi connectivity index (χ1n) is 5.60. The number of rotatable bonds is 3. The van der Waals surface area contributed by atoms with Crippen LogP contribution in [0.3, 0.4) is 0 Å². The Labute approximate surface area is 134 Å². The predicted octanol–water partition coefficient (Wildman–Crippen LogP) is 4.81. The van der Waals surface area contributed by atoms with E-state index in [-0.39, 0.29) is 32.0 Å². The number of amides is 1. The number of nitro groups is 1. The van der Waals surface area contributed by atoms with Gasteiger partial charge in [-0.3, -0.25) is 14.9 Å². The zero-order chi connectivity index (χ0) is 15.6. The highest BCUT2D eigenvalue weighted by molar-refractivity contribution is 6.40. The molecule has 8 heteroatoms. The van der Waals surface area contributed by atoms with E-state index in [1.165, 1.54) is 18.2 Å². The molecule has 5 nitrogen and oxygen atoms in total. The molecule has 0 fully saturated rings. The summed E-state index contributed by atoms with van der Waals surface area (Å²) in [7, 11) is 0. The summed E-state index contributed by atoms with van der Waals surface area (Å²) >= 11 is 17.8. The van der Waals surface area contributed by atoms with E-state index in [0.717, 1.165) is 0 Å². The molecule has 0 spiro atoms. The number of benzene rings is 2. The number of hydrogen-bond acceptors (Lipinski definition) is 3. The Morgan fingerprint density at radius 3 is 2.19 bits per heavy atom. The number of hydrogen-bond donors (Lipinski definition) is 1. The number of nitrogens with one attached hydrogen (secondary N) is 1. The van der Waals surface area contributed by atoms with Gasteiger partial charge in [0.1, 0.15) is 5.02 Å². The molecule has 0 aliphatic carbocycles. The molecule has 0 saturated carbocycles. The van der Waals surface area contributed by atoms with Crippen LogP contribution in [0.2, 0.25) is 15.1 Å². The molecule has 2 aromatic carbocycles. The molecule has 0 radical (unpaired) electrons. The van der Waals surface area contributed by atoms with Gasteiger partial charge in [0, 0.05) is 6.07 Å². The van der Waals surface area contributed by atoms with Crippen LogP contribution in [0.4, 0.5) is 11.4 Å². The lowest BCUT2D eigenvalue weighted by atomic mass is 10.2. The molecule has 0 heterocycles. The summed E-state index contributed by atoms with van der Waals surface area (Å²) in [5.74, 6) is -0.640. The molecule has 108 valence electrons. The summed E-state index contributed by atoms with van der Waals surface area (Å²) in [6.07, 6.45) is 0. The third-order valence-corrected chi connectivity index (χ3v) is 3.65. The van der Waals surface area contributed by atoms with Crippen molar-refractivity contribution in [3.63, 3.8) is 0 Å². The maximum Gasteiger partial charge on any atom is 0.288 e. The number of para-hydroxylation sites is 1. The lowest BCUT2D eigenvalue weighted by Gasteiger charge is -2.10. The summed E-state index contributed by atoms with van der Waals surface area (Å²) in [6.45, 7) is 0. The second-order valence-electron chi connectivity index (χ2n) is 3.95. The number of nitro benzene ring substituents is 1. The molecule has 21 heavy (non-hydrogen) atoms. The molecule has 0 aliphatic heterocycles. The normalized spacial score (nSPS) is 10.2. The van der Waals surface area contributed by atoms with Crippen molar-refractivity contribution in [1.82, 2.24) is 0 Å². The summed E-state index contributed by atoms with van der Waals surface area (Å²) < 4.78 is 0. The van der Waals surface area contributed by atoms with Crippen LogP contribution in [0, 0.1) is 10.1 Å². The first kappa shape index (κ1) is 15.6. The van der Waals surface area contributed by atoms with Crippen LogP contribution in [-0.2, 0) is 0 Å². The molecule has 0 unspecified atom stereocenters. The van der Waals surface area contributed by atoms with E-state index in [1.54, 1.807) is 18.2 Å². The molecule has 0 aromatic heterocycles. The minimum absolute atomic E-state index is 0.0400. The van der Waals surface area contributed by atoms with Gasteiger partial charge in [0.2, 0.25) is 0 Å². The Morgan fingerprint density at radius 2 is 1.62 bits per heavy atom. The fourth-order valence-electron chi connectivity index (χ4n) is 1.63. The van der Waals surface area contributed by atoms with Crippen molar-refractivity contribution in [3.05, 3.63) is 67.1 Å². The van der Waals surface area contributed by atoms with Gasteiger partial charge in [-0.05, 0) is 18.2 Å². The molecule has 2 aromatic rings. The van der Waals surface area contributed by atoms with Crippen LogP contribution >= 0.6 is 34.8 Å². The summed E-state index contributed by atoms with van der Waals surface area (Å²) in [5, 5.41) is 13.6. The Bertz CT molecular complexity index is 714. The van der Waals surface area contributed by atoms with E-state index < -0.39 is 10.8 Å². The maximum atomic E-state index is 12.2. The maximum absolute atomic E-state index is 12.2. The fourth-order valence-corrected chi connectivity index (χ4v) is 2.41. The van der Waals surface area contributed by atoms with Gasteiger partial charge in [0.15, 0.2) is 0 Å². The van der Waals surface area contributed by atoms with E-state index in [1.807, 2.05) is 0 Å². The predicted molar refractivity (Wildman–Crippen MR) is 82.5 cm³/mol. The number of halogens is 3. The summed E-state index contributed by atoms with van der Waals surface area (Å²) in [6, 6.07) is 8.68. The molecular formula is C13H7Cl3N2O3. The Balaban J connectivity index is 2.38. The smallest absolute Gasteiger partial charge is 0.288 e. The van der Waals surface area contributed by atoms with Gasteiger partial charge in [0.05, 0.1) is 26.2 Å². The van der Waals surface area contributed by atoms with Gasteiger partial charge < -0.3 is 5.32 Å². The highest BCUT2D eigenvalue weighted by atomic mass is 35.5. The fraction of sp³-hybridized carbons (Fsp3) is 0. The number of nitrogens with zero attached hydrogens (tertiary/aromatic N) is 1. The molecular weight excluding hydrogens is 339 g/mol. The van der Waals surface area contributed by atoms with Crippen LogP contribution in [-0.4, -0.2) is 10.8 Å². The Kier molecular flexibility index (Phi) is 4.67. The molecule has 2 rings (SSSR count). The number of carbonyl (C=O) groups excluding carboxylic acids is 1. The van der Waals surface area contributed by atoms with E-state index in [4.69, 9.17) is 34.8 Å². The molecule has 0 saturated heterocycles. The van der Waals surface area contributed by atoms with Crippen LogP contribution in [0.1, 0.15) is 10.4 Å². The zero-order valence-electron chi connectivity index (χ0n) is 10.3. The molecule has 0 aliphatic rings. The van der Waals surface area contributed by atoms with Gasteiger partial charge >= 0.3 is 0 Å². The Morgan fingerprint density at radius 1 is 1.05 bits per heavy atom. The minimum Gasteiger partial charge on any atom is -0.319 e. The van der Waals surface area contributed by atoms with Crippen molar-refractivity contribution in [2.24, 2.45) is 0 Å². The Hall–Kier alpha value is -1.82. The SMILES string of the molecule is O=C(Nc1c(Cl)cccc1Cl)c1cccc([N+](=O)[O-])c1Cl. The number of anilines is 1. The average molecular weight is 346 g/mol. The summed E-state index contributed by atoms with van der Waals surface area (Å²) in [5.41, 5.74) is -0.176. The highest BCUT2D eigenvalue weighted by Crippen LogP contribution is 2.32. The largest absolute Gasteiger partial charge is 0.319 e. The van der Waals surface area contributed by atoms with Crippen molar-refractivity contribution in [2.75, 3.05) is 5.32 Å². The molecule has 1 amide bonds. The monoisotopic (exact) mass is 344 g/mol. The van der Waals surface area contributed by atoms with Crippen molar-refractivity contribution in [1.29, 1.82) is 0 Å². The van der Waals surface area contributed by atoms with Crippen molar-refractivity contribution in [3.8, 4) is 0 Å². The molecule has 0 atom stereocenters. The van der Waals surface area contributed by atoms with Crippen LogP contribution in [0.5, 0.6) is 0 Å². The lowest BCUT2D eigenvalue weighted by Crippen LogP contribution is -2.13. The number of carbonyl (C=O) groups is 1. The van der Waals surface area contributed by atoms with Gasteiger partial charge in [-0.2, -0.15) is 0 Å². The van der Waals surface area contributed by atoms with Gasteiger partial charge in [-0.15, -0.1) is 0 Å². The third-order valence-electron chi connectivity index (χ3n) is 2.62. The average Bonchev–Trinajstić information content (AvgIpc) is 2.42. The van der Waals surface area contributed by atoms with E-state index >= 15 is 0 Å². The third kappa shape index (κ3) is 3.26. The minimum atomic E-state index is -0.665. The van der Waals surface area contributed by atoms with Crippen LogP contribution < -0.4 is 5.32 Å². The van der Waals surface area contributed by atoms with Crippen LogP contribution in [0.15, 0.2) is 36.4 Å². The van der Waals surface area contributed by atoms with Crippen molar-refractivity contribution < 1.29 is 9.72 Å². The second-order valence-corrected chi connectivity index (χ2v) is 5.14. The van der Waals surface area contributed by atoms with Crippen LogP contribution in [0.25, 0.3) is 0 Å². The van der Waals surface area contributed by atoms with Gasteiger partial charge in [-0.25, -0.2) is 0 Å². The first-order chi connectivity index (χ1) is 9.91. The molecule has 0 bridgehead atoms. The second kappa shape index (κ2) is 6.30. The first-order valence-corrected chi connectivity index (χ1v) is 6.73. The lowest BCUT2D eigenvalue weighted by molar-refractivity contribution is -0.384. The van der Waals surface area contributed by atoms with Crippen molar-refractivity contribution >= 4 is 52.1 Å². The van der Waals surface area contributed by atoms with E-state index in [9.17, 15) is 14.9 Å². The highest BCUT2D eigenvalue weighted by Gasteiger charge is 2.21. The van der Waals surface area contributed by atoms with E-state index in [0.29, 0.717) is 0 Å². The standard InChI is InChI=1S/C13H7Cl3N2O3/c14-8-4-2-5-9(15)12(8)17-13(19)7-3-1-6-10(11(7)16)18(20)21/h1-6H,(H,17,19). The topological polar surface area (TPSA) is 72.2 Å². The zero-order valence-corrected chi connectivity index (χ0v) is 12.5. The van der Waals surface area contributed by atoms with Crippen molar-refractivity contribution in [2.45, 2.75) is 0 Å². The summed E-state index contributed by atoms with van der Waals surface area (Å²) in [4.78, 5) is 22.3. The van der Waals surface area contributed by atoms with E-state index in [2.05, 4.69) is 5.32 Å².